The van der Waals surface area contributed by atoms with Crippen LogP contribution in [0.5, 0.6) is 0 Å². The van der Waals surface area contributed by atoms with Crippen molar-refractivity contribution in [3.8, 4) is 0 Å². The Bertz CT molecular complexity index is 803. The minimum atomic E-state index is -0.748. The average molecular weight is 390 g/mol. The molecule has 6 nitrogen and oxygen atoms in total. The largest absolute Gasteiger partial charge is 0.356 e. The number of imidazole rings is 1. The fraction of sp³-hybridized carbons (Fsp3) is 0.450. The number of hydrogen-bond acceptors (Lipinski definition) is 3. The van der Waals surface area contributed by atoms with Crippen LogP contribution in [-0.2, 0) is 11.3 Å². The van der Waals surface area contributed by atoms with Gasteiger partial charge in [-0.05, 0) is 50.3 Å². The number of carbonyl (C=O) groups excluding carboxylic acids is 2. The highest BCUT2D eigenvalue weighted by Gasteiger charge is 2.27. The predicted molar refractivity (Wildman–Crippen MR) is 99.4 cm³/mol. The Morgan fingerprint density at radius 3 is 2.68 bits per heavy atom. The van der Waals surface area contributed by atoms with Gasteiger partial charge in [-0.2, -0.15) is 0 Å². The molecule has 1 aliphatic carbocycles. The third-order valence-corrected chi connectivity index (χ3v) is 5.06. The summed E-state index contributed by atoms with van der Waals surface area (Å²) in [5, 5.41) is 5.70. The van der Waals surface area contributed by atoms with Crippen molar-refractivity contribution >= 4 is 11.8 Å². The molecule has 2 amide bonds. The number of benzene rings is 1. The van der Waals surface area contributed by atoms with Crippen LogP contribution in [0.1, 0.15) is 42.5 Å². The van der Waals surface area contributed by atoms with Gasteiger partial charge in [-0.15, -0.1) is 0 Å². The Balaban J connectivity index is 1.38. The molecule has 2 aromatic rings. The summed E-state index contributed by atoms with van der Waals surface area (Å²) >= 11 is 0. The average Bonchev–Trinajstić information content (AvgIpc) is 3.21. The van der Waals surface area contributed by atoms with Crippen molar-refractivity contribution in [2.24, 2.45) is 5.92 Å². The lowest BCUT2D eigenvalue weighted by atomic mass is 9.85. The van der Waals surface area contributed by atoms with Crippen LogP contribution in [0.2, 0.25) is 0 Å². The number of nitrogens with one attached hydrogen (secondary N) is 2. The number of aromatic nitrogens is 2. The van der Waals surface area contributed by atoms with Crippen LogP contribution < -0.4 is 10.6 Å². The molecular formula is C20H24F2N4O2. The van der Waals surface area contributed by atoms with E-state index in [-0.39, 0.29) is 23.4 Å². The van der Waals surface area contributed by atoms with Crippen molar-refractivity contribution in [3.05, 3.63) is 54.1 Å². The summed E-state index contributed by atoms with van der Waals surface area (Å²) in [6.45, 7) is 1.40. The molecule has 1 aromatic carbocycles. The number of hydrogen-bond donors (Lipinski definition) is 2. The van der Waals surface area contributed by atoms with E-state index in [9.17, 15) is 18.4 Å². The maximum atomic E-state index is 13.7. The van der Waals surface area contributed by atoms with E-state index in [1.165, 1.54) is 0 Å². The lowest BCUT2D eigenvalue weighted by Gasteiger charge is -2.28. The molecule has 28 heavy (non-hydrogen) atoms. The third kappa shape index (κ3) is 5.37. The van der Waals surface area contributed by atoms with Crippen molar-refractivity contribution in [1.82, 2.24) is 20.2 Å². The van der Waals surface area contributed by atoms with E-state index in [1.54, 1.807) is 12.5 Å². The lowest BCUT2D eigenvalue weighted by molar-refractivity contribution is -0.126. The van der Waals surface area contributed by atoms with Crippen LogP contribution >= 0.6 is 0 Å². The number of nitrogens with zero attached hydrogens (tertiary/aromatic N) is 2. The van der Waals surface area contributed by atoms with Crippen molar-refractivity contribution in [1.29, 1.82) is 0 Å². The number of amides is 2. The highest BCUT2D eigenvalue weighted by atomic mass is 19.1. The van der Waals surface area contributed by atoms with Crippen molar-refractivity contribution < 1.29 is 18.4 Å². The minimum Gasteiger partial charge on any atom is -0.356 e. The molecule has 1 heterocycles. The molecule has 1 fully saturated rings. The first-order valence-corrected chi connectivity index (χ1v) is 9.52. The molecule has 2 N–H and O–H groups in total. The van der Waals surface area contributed by atoms with Crippen LogP contribution in [-0.4, -0.2) is 34.0 Å². The first-order chi connectivity index (χ1) is 13.5. The number of rotatable bonds is 7. The van der Waals surface area contributed by atoms with Gasteiger partial charge in [0.05, 0.1) is 11.9 Å². The van der Waals surface area contributed by atoms with E-state index < -0.39 is 17.5 Å². The number of carbonyl (C=O) groups is 2. The molecule has 1 aliphatic rings. The van der Waals surface area contributed by atoms with Crippen LogP contribution in [0.4, 0.5) is 8.78 Å². The Morgan fingerprint density at radius 1 is 1.18 bits per heavy atom. The van der Waals surface area contributed by atoms with Gasteiger partial charge in [-0.1, -0.05) is 0 Å². The van der Waals surface area contributed by atoms with Gasteiger partial charge in [0.15, 0.2) is 0 Å². The molecule has 0 aliphatic heterocycles. The van der Waals surface area contributed by atoms with E-state index in [0.717, 1.165) is 31.2 Å². The quantitative estimate of drug-likeness (QED) is 0.714. The van der Waals surface area contributed by atoms with E-state index in [0.29, 0.717) is 32.2 Å². The normalized spacial score (nSPS) is 19.2. The molecule has 1 saturated carbocycles. The summed E-state index contributed by atoms with van der Waals surface area (Å²) in [5.74, 6) is -2.06. The third-order valence-electron chi connectivity index (χ3n) is 5.06. The minimum absolute atomic E-state index is 0.0339. The molecule has 150 valence electrons. The SMILES string of the molecule is O=C(NC1CCC(C(=O)NCCCn2ccnc2)CC1)c1cc(F)ccc1F. The Labute approximate surface area is 162 Å². The van der Waals surface area contributed by atoms with Gasteiger partial charge in [0, 0.05) is 37.4 Å². The molecule has 0 spiro atoms. The Morgan fingerprint density at radius 2 is 1.96 bits per heavy atom. The zero-order valence-corrected chi connectivity index (χ0v) is 15.5. The fourth-order valence-electron chi connectivity index (χ4n) is 3.47. The molecule has 0 bridgehead atoms. The molecular weight excluding hydrogens is 366 g/mol. The highest BCUT2D eigenvalue weighted by Crippen LogP contribution is 2.25. The van der Waals surface area contributed by atoms with Gasteiger partial charge in [0.2, 0.25) is 5.91 Å². The second kappa shape index (κ2) is 9.43. The van der Waals surface area contributed by atoms with Crippen molar-refractivity contribution in [2.75, 3.05) is 6.54 Å². The molecule has 8 heteroatoms. The Hall–Kier alpha value is -2.77. The first-order valence-electron chi connectivity index (χ1n) is 9.52. The van der Waals surface area contributed by atoms with E-state index >= 15 is 0 Å². The van der Waals surface area contributed by atoms with Gasteiger partial charge < -0.3 is 15.2 Å². The predicted octanol–water partition coefficient (Wildman–Crippen LogP) is 2.66. The van der Waals surface area contributed by atoms with E-state index in [4.69, 9.17) is 0 Å². The van der Waals surface area contributed by atoms with Gasteiger partial charge >= 0.3 is 0 Å². The zero-order chi connectivity index (χ0) is 19.9. The van der Waals surface area contributed by atoms with Crippen LogP contribution in [0.15, 0.2) is 36.9 Å². The summed E-state index contributed by atoms with van der Waals surface area (Å²) < 4.78 is 28.9. The maximum absolute atomic E-state index is 13.7. The summed E-state index contributed by atoms with van der Waals surface area (Å²) in [7, 11) is 0. The van der Waals surface area contributed by atoms with Gasteiger partial charge in [0.25, 0.3) is 5.91 Å². The molecule has 3 rings (SSSR count). The summed E-state index contributed by atoms with van der Waals surface area (Å²) in [4.78, 5) is 28.4. The van der Waals surface area contributed by atoms with Crippen LogP contribution in [0.25, 0.3) is 0 Å². The van der Waals surface area contributed by atoms with Gasteiger partial charge in [-0.25, -0.2) is 13.8 Å². The topological polar surface area (TPSA) is 76.0 Å². The summed E-state index contributed by atoms with van der Waals surface area (Å²) in [5.41, 5.74) is -0.294. The molecule has 0 unspecified atom stereocenters. The first kappa shape index (κ1) is 20.0. The molecule has 0 atom stereocenters. The molecule has 1 aromatic heterocycles. The molecule has 0 radical (unpaired) electrons. The van der Waals surface area contributed by atoms with Crippen LogP contribution in [0.3, 0.4) is 0 Å². The highest BCUT2D eigenvalue weighted by molar-refractivity contribution is 5.94. The van der Waals surface area contributed by atoms with Crippen molar-refractivity contribution in [3.63, 3.8) is 0 Å². The van der Waals surface area contributed by atoms with Crippen LogP contribution in [0, 0.1) is 17.6 Å². The van der Waals surface area contributed by atoms with E-state index in [2.05, 4.69) is 15.6 Å². The van der Waals surface area contributed by atoms with Crippen molar-refractivity contribution in [2.45, 2.75) is 44.7 Å². The Kier molecular flexibility index (Phi) is 6.73. The maximum Gasteiger partial charge on any atom is 0.254 e. The fourth-order valence-corrected chi connectivity index (χ4v) is 3.47. The van der Waals surface area contributed by atoms with Gasteiger partial charge in [-0.3, -0.25) is 9.59 Å². The summed E-state index contributed by atoms with van der Waals surface area (Å²) in [6, 6.07) is 2.68. The summed E-state index contributed by atoms with van der Waals surface area (Å²) in [6.07, 6.45) is 8.75. The van der Waals surface area contributed by atoms with Gasteiger partial charge in [0.1, 0.15) is 11.6 Å². The number of aryl methyl sites for hydroxylation is 1. The second-order valence-electron chi connectivity index (χ2n) is 7.09. The zero-order valence-electron chi connectivity index (χ0n) is 15.5. The second-order valence-corrected chi connectivity index (χ2v) is 7.09. The molecule has 0 saturated heterocycles. The monoisotopic (exact) mass is 390 g/mol. The number of halogens is 2. The smallest absolute Gasteiger partial charge is 0.254 e. The standard InChI is InChI=1S/C20H24F2N4O2/c21-15-4-7-18(22)17(12-15)20(28)25-16-5-2-14(3-6-16)19(27)24-8-1-10-26-11-9-23-13-26/h4,7,9,11-14,16H,1-3,5-6,8,10H2,(H,24,27)(H,25,28). The lowest BCUT2D eigenvalue weighted by Crippen LogP contribution is -2.41. The van der Waals surface area contributed by atoms with E-state index in [1.807, 2.05) is 10.8 Å².